The third-order valence-corrected chi connectivity index (χ3v) is 5.84. The fraction of sp³-hybridized carbons (Fsp3) is 0.136. The number of fused-ring (bicyclic) bond motifs is 1. The molecular formula is C22H16ClF3N4OS. The summed E-state index contributed by atoms with van der Waals surface area (Å²) < 4.78 is 38.5. The Morgan fingerprint density at radius 3 is 2.56 bits per heavy atom. The van der Waals surface area contributed by atoms with Crippen LogP contribution in [0.3, 0.4) is 0 Å². The van der Waals surface area contributed by atoms with Gasteiger partial charge in [0, 0.05) is 16.1 Å². The average molecular weight is 477 g/mol. The molecule has 0 aliphatic heterocycles. The van der Waals surface area contributed by atoms with E-state index in [1.165, 1.54) is 6.92 Å². The number of hydrogen-bond acceptors (Lipinski definition) is 4. The lowest BCUT2D eigenvalue weighted by Crippen LogP contribution is -2.16. The van der Waals surface area contributed by atoms with Crippen molar-refractivity contribution in [3.63, 3.8) is 0 Å². The minimum absolute atomic E-state index is 0.0200. The SMILES string of the molecule is CSc1ccc2nc(-c3cc(NC(=O)c4ccc(C(F)(F)F)nc4C)ccc3Cl)[nH]c2c1. The summed E-state index contributed by atoms with van der Waals surface area (Å²) in [5.74, 6) is -0.0436. The first-order chi connectivity index (χ1) is 15.2. The van der Waals surface area contributed by atoms with Crippen LogP contribution < -0.4 is 5.32 Å². The number of nitrogens with zero attached hydrogens (tertiary/aromatic N) is 2. The molecule has 2 aromatic heterocycles. The second-order valence-electron chi connectivity index (χ2n) is 6.94. The molecule has 164 valence electrons. The van der Waals surface area contributed by atoms with Crippen LogP contribution in [-0.2, 0) is 6.18 Å². The van der Waals surface area contributed by atoms with Crippen LogP contribution in [-0.4, -0.2) is 27.1 Å². The van der Waals surface area contributed by atoms with Crippen LogP contribution >= 0.6 is 23.4 Å². The van der Waals surface area contributed by atoms with Crippen molar-refractivity contribution in [2.45, 2.75) is 18.0 Å². The number of hydrogen-bond donors (Lipinski definition) is 2. The largest absolute Gasteiger partial charge is 0.433 e. The Hall–Kier alpha value is -3.04. The minimum Gasteiger partial charge on any atom is -0.338 e. The number of nitrogens with one attached hydrogen (secondary N) is 2. The molecule has 0 saturated carbocycles. The summed E-state index contributed by atoms with van der Waals surface area (Å²) in [6.45, 7) is 1.36. The summed E-state index contributed by atoms with van der Waals surface area (Å²) in [6.07, 6.45) is -2.59. The number of thioether (sulfide) groups is 1. The number of carbonyl (C=O) groups excluding carboxylic acids is 1. The van der Waals surface area contributed by atoms with Crippen molar-refractivity contribution in [3.8, 4) is 11.4 Å². The first-order valence-electron chi connectivity index (χ1n) is 9.35. The number of pyridine rings is 1. The Morgan fingerprint density at radius 2 is 1.88 bits per heavy atom. The number of benzene rings is 2. The third-order valence-electron chi connectivity index (χ3n) is 4.79. The molecule has 0 atom stereocenters. The number of imidazole rings is 1. The standard InChI is InChI=1S/C22H16ClF3N4OS/c1-11-14(5-8-19(27-11)22(24,25)26)21(31)28-12-3-6-16(23)15(9-12)20-29-17-7-4-13(32-2)10-18(17)30-20/h3-10H,1-2H3,(H,28,31)(H,29,30). The number of anilines is 1. The van der Waals surface area contributed by atoms with Crippen LogP contribution in [0.15, 0.2) is 53.4 Å². The van der Waals surface area contributed by atoms with E-state index in [0.29, 0.717) is 22.1 Å². The highest BCUT2D eigenvalue weighted by molar-refractivity contribution is 7.98. The normalized spacial score (nSPS) is 11.7. The van der Waals surface area contributed by atoms with Gasteiger partial charge < -0.3 is 10.3 Å². The molecule has 0 spiro atoms. The quantitative estimate of drug-likeness (QED) is 0.326. The zero-order valence-corrected chi connectivity index (χ0v) is 18.4. The number of rotatable bonds is 4. The van der Waals surface area contributed by atoms with Crippen LogP contribution in [0.2, 0.25) is 5.02 Å². The first kappa shape index (κ1) is 22.2. The molecule has 32 heavy (non-hydrogen) atoms. The molecule has 0 fully saturated rings. The Labute approximate surface area is 190 Å². The molecule has 0 unspecified atom stereocenters. The second kappa shape index (κ2) is 8.48. The predicted octanol–water partition coefficient (Wildman–Crippen LogP) is 6.58. The number of amides is 1. The van der Waals surface area contributed by atoms with Gasteiger partial charge >= 0.3 is 6.18 Å². The van der Waals surface area contributed by atoms with E-state index < -0.39 is 17.8 Å². The summed E-state index contributed by atoms with van der Waals surface area (Å²) in [4.78, 5) is 25.0. The van der Waals surface area contributed by atoms with Crippen molar-refractivity contribution in [1.29, 1.82) is 0 Å². The number of carbonyl (C=O) groups is 1. The number of aromatic nitrogens is 3. The molecule has 0 aliphatic carbocycles. The van der Waals surface area contributed by atoms with E-state index in [4.69, 9.17) is 11.6 Å². The number of H-pyrrole nitrogens is 1. The summed E-state index contributed by atoms with van der Waals surface area (Å²) in [5.41, 5.74) is 1.59. The van der Waals surface area contributed by atoms with Gasteiger partial charge in [0.1, 0.15) is 11.5 Å². The van der Waals surface area contributed by atoms with Gasteiger partial charge in [-0.2, -0.15) is 13.2 Å². The van der Waals surface area contributed by atoms with Gasteiger partial charge in [0.25, 0.3) is 5.91 Å². The zero-order valence-electron chi connectivity index (χ0n) is 16.8. The van der Waals surface area contributed by atoms with Crippen molar-refractivity contribution >= 4 is 46.0 Å². The molecule has 4 aromatic rings. The molecule has 10 heteroatoms. The second-order valence-corrected chi connectivity index (χ2v) is 8.23. The average Bonchev–Trinajstić information content (AvgIpc) is 3.17. The van der Waals surface area contributed by atoms with E-state index in [2.05, 4.69) is 20.3 Å². The molecule has 0 aliphatic rings. The summed E-state index contributed by atoms with van der Waals surface area (Å²) >= 11 is 7.98. The lowest BCUT2D eigenvalue weighted by molar-refractivity contribution is -0.141. The van der Waals surface area contributed by atoms with Gasteiger partial charge in [0.2, 0.25) is 0 Å². The lowest BCUT2D eigenvalue weighted by atomic mass is 10.1. The van der Waals surface area contributed by atoms with Crippen molar-refractivity contribution in [2.24, 2.45) is 0 Å². The molecule has 0 radical (unpaired) electrons. The van der Waals surface area contributed by atoms with Crippen LogP contribution in [0.5, 0.6) is 0 Å². The van der Waals surface area contributed by atoms with E-state index in [0.717, 1.165) is 28.1 Å². The molecule has 2 aromatic carbocycles. The lowest BCUT2D eigenvalue weighted by Gasteiger charge is -2.11. The topological polar surface area (TPSA) is 70.7 Å². The fourth-order valence-electron chi connectivity index (χ4n) is 3.19. The number of alkyl halides is 3. The van der Waals surface area contributed by atoms with Crippen LogP contribution in [0, 0.1) is 6.92 Å². The highest BCUT2D eigenvalue weighted by Gasteiger charge is 2.33. The van der Waals surface area contributed by atoms with E-state index in [1.807, 2.05) is 24.5 Å². The van der Waals surface area contributed by atoms with Gasteiger partial charge in [-0.1, -0.05) is 11.6 Å². The van der Waals surface area contributed by atoms with Crippen LogP contribution in [0.25, 0.3) is 22.4 Å². The molecular weight excluding hydrogens is 461 g/mol. The Balaban J connectivity index is 1.63. The van der Waals surface area contributed by atoms with Gasteiger partial charge in [-0.15, -0.1) is 11.8 Å². The maximum Gasteiger partial charge on any atom is 0.433 e. The molecule has 0 bridgehead atoms. The molecule has 1 amide bonds. The van der Waals surface area contributed by atoms with E-state index in [-0.39, 0.29) is 11.3 Å². The monoisotopic (exact) mass is 476 g/mol. The Kier molecular flexibility index (Phi) is 5.87. The van der Waals surface area contributed by atoms with Crippen molar-refractivity contribution < 1.29 is 18.0 Å². The summed E-state index contributed by atoms with van der Waals surface area (Å²) in [6, 6.07) is 12.6. The molecule has 5 nitrogen and oxygen atoms in total. The Bertz CT molecular complexity index is 1340. The molecule has 2 heterocycles. The summed E-state index contributed by atoms with van der Waals surface area (Å²) in [5, 5.41) is 3.11. The van der Waals surface area contributed by atoms with Crippen molar-refractivity contribution in [3.05, 3.63) is 70.5 Å². The van der Waals surface area contributed by atoms with E-state index in [1.54, 1.807) is 30.0 Å². The fourth-order valence-corrected chi connectivity index (χ4v) is 3.83. The van der Waals surface area contributed by atoms with Gasteiger partial charge in [0.15, 0.2) is 0 Å². The van der Waals surface area contributed by atoms with Crippen LogP contribution in [0.1, 0.15) is 21.7 Å². The van der Waals surface area contributed by atoms with Gasteiger partial charge in [-0.3, -0.25) is 4.79 Å². The maximum absolute atomic E-state index is 12.8. The first-order valence-corrected chi connectivity index (χ1v) is 11.0. The van der Waals surface area contributed by atoms with E-state index in [9.17, 15) is 18.0 Å². The number of aryl methyl sites for hydroxylation is 1. The zero-order chi connectivity index (χ0) is 23.0. The van der Waals surface area contributed by atoms with Gasteiger partial charge in [-0.05, 0) is 61.7 Å². The smallest absolute Gasteiger partial charge is 0.338 e. The van der Waals surface area contributed by atoms with Crippen LogP contribution in [0.4, 0.5) is 18.9 Å². The highest BCUT2D eigenvalue weighted by atomic mass is 35.5. The number of halogens is 4. The van der Waals surface area contributed by atoms with Gasteiger partial charge in [0.05, 0.1) is 27.3 Å². The molecule has 0 saturated heterocycles. The third kappa shape index (κ3) is 4.44. The predicted molar refractivity (Wildman–Crippen MR) is 120 cm³/mol. The van der Waals surface area contributed by atoms with Crippen molar-refractivity contribution in [2.75, 3.05) is 11.6 Å². The van der Waals surface area contributed by atoms with E-state index >= 15 is 0 Å². The molecule has 2 N–H and O–H groups in total. The Morgan fingerprint density at radius 1 is 1.09 bits per heavy atom. The highest BCUT2D eigenvalue weighted by Crippen LogP contribution is 2.32. The van der Waals surface area contributed by atoms with Gasteiger partial charge in [-0.25, -0.2) is 9.97 Å². The summed E-state index contributed by atoms with van der Waals surface area (Å²) in [7, 11) is 0. The maximum atomic E-state index is 12.8. The number of aromatic amines is 1. The molecule has 4 rings (SSSR count). The van der Waals surface area contributed by atoms with Crippen molar-refractivity contribution in [1.82, 2.24) is 15.0 Å². The minimum atomic E-state index is -4.58.